The third-order valence-electron chi connectivity index (χ3n) is 3.53. The van der Waals surface area contributed by atoms with Crippen LogP contribution in [0.25, 0.3) is 0 Å². The standard InChI is InChI=1S/C15H17N3OS/c1-12-16-14(11-20-12)15(19)18-9-7-17(8-10-18)13-5-3-2-4-6-13/h2-6,11H,7-10H2,1H3. The van der Waals surface area contributed by atoms with Crippen molar-refractivity contribution in [2.75, 3.05) is 31.1 Å². The number of nitrogens with zero attached hydrogens (tertiary/aromatic N) is 3. The van der Waals surface area contributed by atoms with E-state index in [0.29, 0.717) is 5.69 Å². The van der Waals surface area contributed by atoms with Gasteiger partial charge in [-0.25, -0.2) is 4.98 Å². The number of hydrogen-bond donors (Lipinski definition) is 0. The summed E-state index contributed by atoms with van der Waals surface area (Å²) in [5, 5.41) is 2.79. The van der Waals surface area contributed by atoms with Crippen LogP contribution in [0.1, 0.15) is 15.5 Å². The first-order valence-electron chi connectivity index (χ1n) is 6.75. The Morgan fingerprint density at radius 2 is 1.85 bits per heavy atom. The molecule has 0 spiro atoms. The number of aromatic nitrogens is 1. The largest absolute Gasteiger partial charge is 0.368 e. The van der Waals surface area contributed by atoms with Gasteiger partial charge in [-0.15, -0.1) is 11.3 Å². The van der Waals surface area contributed by atoms with Crippen molar-refractivity contribution in [2.45, 2.75) is 6.92 Å². The molecule has 2 aromatic rings. The van der Waals surface area contributed by atoms with Gasteiger partial charge in [0, 0.05) is 37.2 Å². The number of rotatable bonds is 2. The molecule has 3 rings (SSSR count). The number of carbonyl (C=O) groups is 1. The molecule has 0 unspecified atom stereocenters. The Kier molecular flexibility index (Phi) is 3.69. The molecule has 20 heavy (non-hydrogen) atoms. The molecule has 0 aliphatic carbocycles. The van der Waals surface area contributed by atoms with Crippen molar-refractivity contribution in [3.05, 3.63) is 46.4 Å². The molecular formula is C15H17N3OS. The van der Waals surface area contributed by atoms with Gasteiger partial charge in [0.2, 0.25) is 0 Å². The highest BCUT2D eigenvalue weighted by atomic mass is 32.1. The molecule has 1 fully saturated rings. The summed E-state index contributed by atoms with van der Waals surface area (Å²) in [6.07, 6.45) is 0. The number of aryl methyl sites for hydroxylation is 1. The highest BCUT2D eigenvalue weighted by molar-refractivity contribution is 7.09. The van der Waals surface area contributed by atoms with Crippen LogP contribution in [0.5, 0.6) is 0 Å². The lowest BCUT2D eigenvalue weighted by Crippen LogP contribution is -2.48. The minimum atomic E-state index is 0.0575. The van der Waals surface area contributed by atoms with Gasteiger partial charge in [0.05, 0.1) is 5.01 Å². The summed E-state index contributed by atoms with van der Waals surface area (Å²) in [5.74, 6) is 0.0575. The highest BCUT2D eigenvalue weighted by Crippen LogP contribution is 2.17. The fraction of sp³-hybridized carbons (Fsp3) is 0.333. The van der Waals surface area contributed by atoms with Gasteiger partial charge in [-0.1, -0.05) is 18.2 Å². The number of thiazole rings is 1. The first-order chi connectivity index (χ1) is 9.74. The lowest BCUT2D eigenvalue weighted by Gasteiger charge is -2.35. The number of piperazine rings is 1. The van der Waals surface area contributed by atoms with Gasteiger partial charge in [-0.3, -0.25) is 4.79 Å². The number of para-hydroxylation sites is 1. The molecular weight excluding hydrogens is 270 g/mol. The fourth-order valence-corrected chi connectivity index (χ4v) is 3.02. The number of hydrogen-bond acceptors (Lipinski definition) is 4. The average Bonchev–Trinajstić information content (AvgIpc) is 2.94. The van der Waals surface area contributed by atoms with Gasteiger partial charge < -0.3 is 9.80 Å². The zero-order valence-corrected chi connectivity index (χ0v) is 12.3. The normalized spacial score (nSPS) is 15.4. The maximum atomic E-state index is 12.3. The third-order valence-corrected chi connectivity index (χ3v) is 4.30. The summed E-state index contributed by atoms with van der Waals surface area (Å²) in [4.78, 5) is 20.8. The molecule has 1 aliphatic rings. The van der Waals surface area contributed by atoms with Gasteiger partial charge >= 0.3 is 0 Å². The number of amides is 1. The Balaban J connectivity index is 1.63. The Hall–Kier alpha value is -1.88. The summed E-state index contributed by atoms with van der Waals surface area (Å²) >= 11 is 1.53. The van der Waals surface area contributed by atoms with E-state index in [9.17, 15) is 4.79 Å². The van der Waals surface area contributed by atoms with Crippen LogP contribution in [0, 0.1) is 6.92 Å². The molecule has 0 atom stereocenters. The summed E-state index contributed by atoms with van der Waals surface area (Å²) < 4.78 is 0. The van der Waals surface area contributed by atoms with Crippen molar-refractivity contribution < 1.29 is 4.79 Å². The second kappa shape index (κ2) is 5.63. The fourth-order valence-electron chi connectivity index (χ4n) is 2.43. The second-order valence-corrected chi connectivity index (χ2v) is 5.93. The van der Waals surface area contributed by atoms with E-state index in [2.05, 4.69) is 22.0 Å². The van der Waals surface area contributed by atoms with Gasteiger partial charge in [0.15, 0.2) is 0 Å². The van der Waals surface area contributed by atoms with E-state index in [4.69, 9.17) is 0 Å². The van der Waals surface area contributed by atoms with Crippen LogP contribution in [-0.2, 0) is 0 Å². The molecule has 1 aliphatic heterocycles. The first-order valence-corrected chi connectivity index (χ1v) is 7.63. The number of carbonyl (C=O) groups excluding carboxylic acids is 1. The van der Waals surface area contributed by atoms with E-state index in [1.54, 1.807) is 0 Å². The number of benzene rings is 1. The smallest absolute Gasteiger partial charge is 0.273 e. The van der Waals surface area contributed by atoms with Crippen LogP contribution in [0.2, 0.25) is 0 Å². The molecule has 1 amide bonds. The van der Waals surface area contributed by atoms with E-state index in [-0.39, 0.29) is 5.91 Å². The topological polar surface area (TPSA) is 36.4 Å². The molecule has 0 radical (unpaired) electrons. The Labute approximate surface area is 122 Å². The van der Waals surface area contributed by atoms with Crippen molar-refractivity contribution in [1.82, 2.24) is 9.88 Å². The van der Waals surface area contributed by atoms with Crippen LogP contribution in [0.3, 0.4) is 0 Å². The summed E-state index contributed by atoms with van der Waals surface area (Å²) in [5.41, 5.74) is 1.81. The second-order valence-electron chi connectivity index (χ2n) is 4.87. The Bertz CT molecular complexity index is 588. The van der Waals surface area contributed by atoms with E-state index in [1.807, 2.05) is 35.4 Å². The van der Waals surface area contributed by atoms with Gasteiger partial charge in [0.1, 0.15) is 5.69 Å². The Morgan fingerprint density at radius 1 is 1.15 bits per heavy atom. The van der Waals surface area contributed by atoms with Gasteiger partial charge in [-0.2, -0.15) is 0 Å². The minimum Gasteiger partial charge on any atom is -0.368 e. The van der Waals surface area contributed by atoms with Crippen molar-refractivity contribution in [1.29, 1.82) is 0 Å². The molecule has 0 bridgehead atoms. The summed E-state index contributed by atoms with van der Waals surface area (Å²) in [6, 6.07) is 10.3. The molecule has 1 aromatic carbocycles. The minimum absolute atomic E-state index is 0.0575. The third kappa shape index (κ3) is 2.67. The average molecular weight is 287 g/mol. The zero-order valence-electron chi connectivity index (χ0n) is 11.5. The first kappa shape index (κ1) is 13.1. The van der Waals surface area contributed by atoms with Crippen molar-refractivity contribution in [3.63, 3.8) is 0 Å². The van der Waals surface area contributed by atoms with Crippen LogP contribution < -0.4 is 4.90 Å². The molecule has 1 saturated heterocycles. The predicted octanol–water partition coefficient (Wildman–Crippen LogP) is 2.41. The molecule has 0 saturated carbocycles. The van der Waals surface area contributed by atoms with E-state index >= 15 is 0 Å². The van der Waals surface area contributed by atoms with E-state index in [1.165, 1.54) is 17.0 Å². The van der Waals surface area contributed by atoms with Crippen LogP contribution >= 0.6 is 11.3 Å². The number of anilines is 1. The van der Waals surface area contributed by atoms with E-state index in [0.717, 1.165) is 31.2 Å². The molecule has 104 valence electrons. The monoisotopic (exact) mass is 287 g/mol. The highest BCUT2D eigenvalue weighted by Gasteiger charge is 2.23. The molecule has 1 aromatic heterocycles. The van der Waals surface area contributed by atoms with Gasteiger partial charge in [0.25, 0.3) is 5.91 Å². The lowest BCUT2D eigenvalue weighted by atomic mass is 10.2. The maximum Gasteiger partial charge on any atom is 0.273 e. The van der Waals surface area contributed by atoms with E-state index < -0.39 is 0 Å². The molecule has 4 nitrogen and oxygen atoms in total. The molecule has 5 heteroatoms. The lowest BCUT2D eigenvalue weighted by molar-refractivity contribution is 0.0741. The molecule has 0 N–H and O–H groups in total. The summed E-state index contributed by atoms with van der Waals surface area (Å²) in [6.45, 7) is 5.18. The van der Waals surface area contributed by atoms with Crippen LogP contribution in [0.15, 0.2) is 35.7 Å². The van der Waals surface area contributed by atoms with Crippen molar-refractivity contribution >= 4 is 22.9 Å². The van der Waals surface area contributed by atoms with Crippen LogP contribution in [-0.4, -0.2) is 42.0 Å². The van der Waals surface area contributed by atoms with Gasteiger partial charge in [-0.05, 0) is 19.1 Å². The SMILES string of the molecule is Cc1nc(C(=O)N2CCN(c3ccccc3)CC2)cs1. The Morgan fingerprint density at radius 3 is 2.45 bits per heavy atom. The zero-order chi connectivity index (χ0) is 13.9. The van der Waals surface area contributed by atoms with Crippen molar-refractivity contribution in [3.8, 4) is 0 Å². The molecule has 2 heterocycles. The maximum absolute atomic E-state index is 12.3. The quantitative estimate of drug-likeness (QED) is 0.851. The predicted molar refractivity (Wildman–Crippen MR) is 81.4 cm³/mol. The van der Waals surface area contributed by atoms with Crippen LogP contribution in [0.4, 0.5) is 5.69 Å². The van der Waals surface area contributed by atoms with Crippen molar-refractivity contribution in [2.24, 2.45) is 0 Å². The summed E-state index contributed by atoms with van der Waals surface area (Å²) in [7, 11) is 0.